The normalized spacial score (nSPS) is 29.5. The number of carbonyl (C=O) groups is 2. The van der Waals surface area contributed by atoms with Crippen LogP contribution in [0.2, 0.25) is 0 Å². The fourth-order valence-electron chi connectivity index (χ4n) is 3.13. The Hall–Kier alpha value is -1.26. The van der Waals surface area contributed by atoms with Gasteiger partial charge in [-0.25, -0.2) is 4.79 Å². The maximum atomic E-state index is 12.0. The second-order valence-electron chi connectivity index (χ2n) is 5.46. The second kappa shape index (κ2) is 2.90. The zero-order chi connectivity index (χ0) is 11.4. The topological polar surface area (TPSA) is 69.6 Å². The first-order valence-corrected chi connectivity index (χ1v) is 5.86. The molecule has 0 unspecified atom stereocenters. The minimum atomic E-state index is -0.866. The minimum absolute atomic E-state index is 0.0997. The number of hydrogen-bond donors (Lipinski definition) is 2. The molecule has 5 nitrogen and oxygen atoms in total. The van der Waals surface area contributed by atoms with Crippen LogP contribution in [-0.4, -0.2) is 40.6 Å². The molecule has 0 radical (unpaired) electrons. The summed E-state index contributed by atoms with van der Waals surface area (Å²) in [4.78, 5) is 24.2. The molecule has 16 heavy (non-hydrogen) atoms. The van der Waals surface area contributed by atoms with Crippen LogP contribution in [-0.2, 0) is 4.79 Å². The largest absolute Gasteiger partial charge is 0.465 e. The van der Waals surface area contributed by atoms with Crippen molar-refractivity contribution >= 4 is 12.0 Å². The summed E-state index contributed by atoms with van der Waals surface area (Å²) in [6.45, 7) is 0.998. The van der Waals surface area contributed by atoms with Gasteiger partial charge in [0, 0.05) is 18.6 Å². The van der Waals surface area contributed by atoms with Crippen LogP contribution in [0.15, 0.2) is 0 Å². The molecule has 2 N–H and O–H groups in total. The summed E-state index contributed by atoms with van der Waals surface area (Å²) in [6, 6.07) is 0. The molecule has 1 saturated carbocycles. The van der Waals surface area contributed by atoms with Gasteiger partial charge in [0.05, 0.1) is 5.41 Å². The Balaban J connectivity index is 1.72. The average Bonchev–Trinajstić information content (AvgIpc) is 2.92. The molecule has 3 aliphatic rings. The highest BCUT2D eigenvalue weighted by Crippen LogP contribution is 2.53. The van der Waals surface area contributed by atoms with E-state index in [1.807, 2.05) is 0 Å². The summed E-state index contributed by atoms with van der Waals surface area (Å²) < 4.78 is 0. The van der Waals surface area contributed by atoms with Crippen molar-refractivity contribution in [3.8, 4) is 0 Å². The molecule has 0 bridgehead atoms. The summed E-state index contributed by atoms with van der Waals surface area (Å²) in [5.41, 5.74) is -0.162. The lowest BCUT2D eigenvalue weighted by Crippen LogP contribution is -2.45. The van der Waals surface area contributed by atoms with E-state index in [1.165, 1.54) is 4.90 Å². The molecule has 2 amide bonds. The molecule has 88 valence electrons. The van der Waals surface area contributed by atoms with E-state index >= 15 is 0 Å². The number of nitrogens with zero attached hydrogens (tertiary/aromatic N) is 1. The standard InChI is InChI=1S/C11H16N2O3/c14-8-10(7-11(12-8)1-2-11)3-5-13(6-4-10)9(15)16/h1-7H2,(H,12,14)(H,15,16). The zero-order valence-corrected chi connectivity index (χ0v) is 9.16. The van der Waals surface area contributed by atoms with Gasteiger partial charge in [-0.2, -0.15) is 0 Å². The second-order valence-corrected chi connectivity index (χ2v) is 5.46. The van der Waals surface area contributed by atoms with E-state index < -0.39 is 6.09 Å². The highest BCUT2D eigenvalue weighted by molar-refractivity contribution is 5.87. The van der Waals surface area contributed by atoms with Crippen molar-refractivity contribution in [2.45, 2.75) is 37.6 Å². The maximum absolute atomic E-state index is 12.0. The third-order valence-corrected chi connectivity index (χ3v) is 4.38. The van der Waals surface area contributed by atoms with Gasteiger partial charge in [-0.15, -0.1) is 0 Å². The first-order chi connectivity index (χ1) is 7.55. The Morgan fingerprint density at radius 3 is 2.31 bits per heavy atom. The summed E-state index contributed by atoms with van der Waals surface area (Å²) in [6.07, 6.45) is 3.63. The zero-order valence-electron chi connectivity index (χ0n) is 9.16. The molecule has 0 aromatic carbocycles. The number of hydrogen-bond acceptors (Lipinski definition) is 2. The van der Waals surface area contributed by atoms with Crippen molar-refractivity contribution in [1.29, 1.82) is 0 Å². The fraction of sp³-hybridized carbons (Fsp3) is 0.818. The Kier molecular flexibility index (Phi) is 1.80. The Labute approximate surface area is 93.8 Å². The number of carbonyl (C=O) groups excluding carboxylic acids is 1. The number of nitrogens with one attached hydrogen (secondary N) is 1. The van der Waals surface area contributed by atoms with E-state index in [0.29, 0.717) is 25.9 Å². The SMILES string of the molecule is O=C(O)N1CCC2(CC1)CC1(CC1)NC2=O. The number of rotatable bonds is 0. The van der Waals surface area contributed by atoms with Crippen molar-refractivity contribution in [3.05, 3.63) is 0 Å². The van der Waals surface area contributed by atoms with Crippen molar-refractivity contribution < 1.29 is 14.7 Å². The van der Waals surface area contributed by atoms with E-state index in [-0.39, 0.29) is 16.9 Å². The molecule has 2 saturated heterocycles. The van der Waals surface area contributed by atoms with Crippen LogP contribution < -0.4 is 5.32 Å². The molecular formula is C11H16N2O3. The molecule has 0 aromatic heterocycles. The quantitative estimate of drug-likeness (QED) is 0.639. The van der Waals surface area contributed by atoms with Gasteiger partial charge in [0.25, 0.3) is 0 Å². The lowest BCUT2D eigenvalue weighted by Gasteiger charge is -2.36. The third kappa shape index (κ3) is 1.30. The summed E-state index contributed by atoms with van der Waals surface area (Å²) in [5, 5.41) is 12.0. The van der Waals surface area contributed by atoms with E-state index in [1.54, 1.807) is 0 Å². The third-order valence-electron chi connectivity index (χ3n) is 4.38. The monoisotopic (exact) mass is 224 g/mol. The first-order valence-electron chi connectivity index (χ1n) is 5.86. The molecule has 5 heteroatoms. The van der Waals surface area contributed by atoms with Gasteiger partial charge in [0.1, 0.15) is 0 Å². The van der Waals surface area contributed by atoms with Gasteiger partial charge in [-0.05, 0) is 32.1 Å². The molecule has 0 aromatic rings. The molecule has 0 atom stereocenters. The van der Waals surface area contributed by atoms with Crippen LogP contribution in [0.5, 0.6) is 0 Å². The van der Waals surface area contributed by atoms with Gasteiger partial charge in [-0.1, -0.05) is 0 Å². The maximum Gasteiger partial charge on any atom is 0.407 e. The highest BCUT2D eigenvalue weighted by atomic mass is 16.4. The molecule has 1 aliphatic carbocycles. The highest BCUT2D eigenvalue weighted by Gasteiger charge is 2.60. The van der Waals surface area contributed by atoms with Crippen LogP contribution in [0, 0.1) is 5.41 Å². The first kappa shape index (κ1) is 9.93. The van der Waals surface area contributed by atoms with E-state index in [4.69, 9.17) is 5.11 Å². The van der Waals surface area contributed by atoms with E-state index in [2.05, 4.69) is 5.32 Å². The lowest BCUT2D eigenvalue weighted by atomic mass is 9.75. The average molecular weight is 224 g/mol. The van der Waals surface area contributed by atoms with Gasteiger partial charge >= 0.3 is 6.09 Å². The summed E-state index contributed by atoms with van der Waals surface area (Å²) in [5.74, 6) is 0.162. The fourth-order valence-corrected chi connectivity index (χ4v) is 3.13. The van der Waals surface area contributed by atoms with Gasteiger partial charge < -0.3 is 15.3 Å². The van der Waals surface area contributed by atoms with Crippen molar-refractivity contribution in [3.63, 3.8) is 0 Å². The van der Waals surface area contributed by atoms with Crippen LogP contribution in [0.3, 0.4) is 0 Å². The molecule has 2 heterocycles. The van der Waals surface area contributed by atoms with E-state index in [0.717, 1.165) is 19.3 Å². The molecule has 3 rings (SSSR count). The van der Waals surface area contributed by atoms with Crippen molar-refractivity contribution in [1.82, 2.24) is 10.2 Å². The summed E-state index contributed by atoms with van der Waals surface area (Å²) in [7, 11) is 0. The Morgan fingerprint density at radius 2 is 1.88 bits per heavy atom. The number of carboxylic acid groups (broad SMARTS) is 1. The Bertz CT molecular complexity index is 354. The van der Waals surface area contributed by atoms with Crippen LogP contribution in [0.4, 0.5) is 4.79 Å². The molecule has 2 aliphatic heterocycles. The molecular weight excluding hydrogens is 208 g/mol. The Morgan fingerprint density at radius 1 is 1.25 bits per heavy atom. The molecule has 2 spiro atoms. The predicted octanol–water partition coefficient (Wildman–Crippen LogP) is 0.799. The molecule has 3 fully saturated rings. The van der Waals surface area contributed by atoms with Crippen molar-refractivity contribution in [2.75, 3.05) is 13.1 Å². The predicted molar refractivity (Wildman–Crippen MR) is 56.0 cm³/mol. The van der Waals surface area contributed by atoms with Gasteiger partial charge in [0.15, 0.2) is 0 Å². The lowest BCUT2D eigenvalue weighted by molar-refractivity contribution is -0.129. The number of amides is 2. The van der Waals surface area contributed by atoms with Crippen LogP contribution >= 0.6 is 0 Å². The van der Waals surface area contributed by atoms with Crippen LogP contribution in [0.1, 0.15) is 32.1 Å². The van der Waals surface area contributed by atoms with Gasteiger partial charge in [-0.3, -0.25) is 4.79 Å². The summed E-state index contributed by atoms with van der Waals surface area (Å²) >= 11 is 0. The smallest absolute Gasteiger partial charge is 0.407 e. The van der Waals surface area contributed by atoms with Crippen molar-refractivity contribution in [2.24, 2.45) is 5.41 Å². The minimum Gasteiger partial charge on any atom is -0.465 e. The number of likely N-dealkylation sites (tertiary alicyclic amines) is 1. The van der Waals surface area contributed by atoms with Gasteiger partial charge in [0.2, 0.25) is 5.91 Å². The number of piperidine rings is 1. The van der Waals surface area contributed by atoms with Crippen LogP contribution in [0.25, 0.3) is 0 Å². The van der Waals surface area contributed by atoms with E-state index in [9.17, 15) is 9.59 Å².